The Labute approximate surface area is 263 Å². The SMILES string of the molecule is Cc1ccc(S(=O)(=O)c2ccc(F)cc2)cc1S(=O)(=O)NCCc1ccc(OCc2ccccc2)c(OCc2ccccc2)c1. The van der Waals surface area contributed by atoms with Gasteiger partial charge in [0.2, 0.25) is 19.9 Å². The third kappa shape index (κ3) is 8.16. The molecule has 5 aromatic rings. The average Bonchev–Trinajstić information content (AvgIpc) is 3.04. The van der Waals surface area contributed by atoms with Crippen LogP contribution >= 0.6 is 0 Å². The van der Waals surface area contributed by atoms with E-state index >= 15 is 0 Å². The van der Waals surface area contributed by atoms with Gasteiger partial charge in [-0.3, -0.25) is 0 Å². The van der Waals surface area contributed by atoms with Gasteiger partial charge in [0.1, 0.15) is 19.0 Å². The van der Waals surface area contributed by atoms with Gasteiger partial charge >= 0.3 is 0 Å². The standard InChI is InChI=1S/C35H32FNO6S2/c1-26-12-16-32(44(38,39)31-17-14-30(36)15-18-31)23-35(26)45(40,41)37-21-20-27-13-19-33(42-24-28-8-4-2-5-9-28)34(22-27)43-25-29-10-6-3-7-11-29/h2-19,22-23,37H,20-21,24-25H2,1H3. The highest BCUT2D eigenvalue weighted by atomic mass is 32.2. The van der Waals surface area contributed by atoms with Crippen molar-refractivity contribution in [3.8, 4) is 11.5 Å². The number of aryl methyl sites for hydroxylation is 1. The summed E-state index contributed by atoms with van der Waals surface area (Å²) < 4.78 is 80.9. The molecule has 0 aliphatic heterocycles. The molecule has 10 heteroatoms. The Morgan fingerprint density at radius 3 is 1.82 bits per heavy atom. The van der Waals surface area contributed by atoms with E-state index in [0.717, 1.165) is 47.0 Å². The Morgan fingerprint density at radius 2 is 1.20 bits per heavy atom. The molecule has 0 aliphatic carbocycles. The molecule has 232 valence electrons. The lowest BCUT2D eigenvalue weighted by Crippen LogP contribution is -2.27. The predicted molar refractivity (Wildman–Crippen MR) is 170 cm³/mol. The second-order valence-electron chi connectivity index (χ2n) is 10.4. The molecular weight excluding hydrogens is 614 g/mol. The number of sulfone groups is 1. The first kappa shape index (κ1) is 31.9. The Kier molecular flexibility index (Phi) is 9.97. The molecule has 0 unspecified atom stereocenters. The summed E-state index contributed by atoms with van der Waals surface area (Å²) in [5.41, 5.74) is 3.20. The summed E-state index contributed by atoms with van der Waals surface area (Å²) in [4.78, 5) is -0.487. The van der Waals surface area contributed by atoms with Crippen LogP contribution in [0.15, 0.2) is 136 Å². The zero-order valence-corrected chi connectivity index (χ0v) is 26.2. The van der Waals surface area contributed by atoms with Gasteiger partial charge < -0.3 is 9.47 Å². The van der Waals surface area contributed by atoms with Gasteiger partial charge in [-0.05, 0) is 84.1 Å². The first-order chi connectivity index (χ1) is 21.6. The van der Waals surface area contributed by atoms with E-state index in [4.69, 9.17) is 9.47 Å². The molecule has 0 spiro atoms. The zero-order valence-electron chi connectivity index (χ0n) is 24.5. The summed E-state index contributed by atoms with van der Waals surface area (Å²) in [6.45, 7) is 2.33. The molecule has 0 bridgehead atoms. The minimum Gasteiger partial charge on any atom is -0.485 e. The molecule has 45 heavy (non-hydrogen) atoms. The van der Waals surface area contributed by atoms with E-state index in [1.54, 1.807) is 13.0 Å². The first-order valence-corrected chi connectivity index (χ1v) is 17.2. The van der Waals surface area contributed by atoms with E-state index in [1.807, 2.05) is 72.8 Å². The normalized spacial score (nSPS) is 11.7. The Balaban J connectivity index is 1.30. The molecule has 0 aliphatic rings. The van der Waals surface area contributed by atoms with Crippen molar-refractivity contribution in [2.24, 2.45) is 0 Å². The monoisotopic (exact) mass is 645 g/mol. The number of sulfonamides is 1. The van der Waals surface area contributed by atoms with Crippen LogP contribution in [0.25, 0.3) is 0 Å². The van der Waals surface area contributed by atoms with Gasteiger partial charge in [0.05, 0.1) is 14.7 Å². The Morgan fingerprint density at radius 1 is 0.622 bits per heavy atom. The van der Waals surface area contributed by atoms with Gasteiger partial charge in [-0.1, -0.05) is 72.8 Å². The smallest absolute Gasteiger partial charge is 0.240 e. The number of benzene rings is 5. The van der Waals surface area contributed by atoms with E-state index in [9.17, 15) is 21.2 Å². The largest absolute Gasteiger partial charge is 0.485 e. The molecule has 0 saturated heterocycles. The van der Waals surface area contributed by atoms with E-state index < -0.39 is 25.7 Å². The molecule has 0 radical (unpaired) electrons. The van der Waals surface area contributed by atoms with Crippen molar-refractivity contribution in [1.29, 1.82) is 0 Å². The number of hydrogen-bond acceptors (Lipinski definition) is 6. The fourth-order valence-corrected chi connectivity index (χ4v) is 7.27. The maximum absolute atomic E-state index is 13.3. The molecular formula is C35H32FNO6S2. The van der Waals surface area contributed by atoms with Crippen LogP contribution in [-0.2, 0) is 39.5 Å². The maximum Gasteiger partial charge on any atom is 0.240 e. The number of halogens is 1. The Bertz CT molecular complexity index is 1970. The third-order valence-corrected chi connectivity index (χ3v) is 10.4. The second-order valence-corrected chi connectivity index (χ2v) is 14.0. The van der Waals surface area contributed by atoms with Crippen LogP contribution in [0.4, 0.5) is 4.39 Å². The number of nitrogens with one attached hydrogen (secondary N) is 1. The quantitative estimate of drug-likeness (QED) is 0.144. The minimum absolute atomic E-state index is 0.0546. The van der Waals surface area contributed by atoms with Gasteiger partial charge in [-0.25, -0.2) is 25.9 Å². The van der Waals surface area contributed by atoms with Crippen LogP contribution in [0.5, 0.6) is 11.5 Å². The first-order valence-electron chi connectivity index (χ1n) is 14.2. The Hall–Kier alpha value is -4.51. The van der Waals surface area contributed by atoms with Gasteiger partial charge in [-0.2, -0.15) is 0 Å². The molecule has 0 fully saturated rings. The van der Waals surface area contributed by atoms with E-state index in [2.05, 4.69) is 4.72 Å². The summed E-state index contributed by atoms with van der Waals surface area (Å²) in [6, 6.07) is 33.3. The van der Waals surface area contributed by atoms with Crippen molar-refractivity contribution in [3.05, 3.63) is 149 Å². The lowest BCUT2D eigenvalue weighted by Gasteiger charge is -2.15. The zero-order chi connectivity index (χ0) is 31.9. The van der Waals surface area contributed by atoms with Crippen LogP contribution in [0, 0.1) is 12.7 Å². The second kappa shape index (κ2) is 14.1. The molecule has 7 nitrogen and oxygen atoms in total. The number of rotatable bonds is 13. The predicted octanol–water partition coefficient (Wildman–Crippen LogP) is 6.65. The molecule has 0 saturated carbocycles. The maximum atomic E-state index is 13.3. The number of ether oxygens (including phenoxy) is 2. The van der Waals surface area contributed by atoms with Crippen molar-refractivity contribution in [2.45, 2.75) is 41.2 Å². The van der Waals surface area contributed by atoms with Crippen molar-refractivity contribution in [1.82, 2.24) is 4.72 Å². The van der Waals surface area contributed by atoms with Crippen LogP contribution in [0.3, 0.4) is 0 Å². The molecule has 5 aromatic carbocycles. The molecule has 0 atom stereocenters. The summed E-state index contributed by atoms with van der Waals surface area (Å²) >= 11 is 0. The summed E-state index contributed by atoms with van der Waals surface area (Å²) in [7, 11) is -8.13. The third-order valence-electron chi connectivity index (χ3n) is 7.07. The summed E-state index contributed by atoms with van der Waals surface area (Å²) in [6.07, 6.45) is 0.340. The molecule has 0 heterocycles. The minimum atomic E-state index is -4.07. The number of hydrogen-bond donors (Lipinski definition) is 1. The van der Waals surface area contributed by atoms with Gasteiger partial charge in [0.25, 0.3) is 0 Å². The highest BCUT2D eigenvalue weighted by Gasteiger charge is 2.23. The lowest BCUT2D eigenvalue weighted by atomic mass is 10.1. The summed E-state index contributed by atoms with van der Waals surface area (Å²) in [5.74, 6) is 0.521. The topological polar surface area (TPSA) is 98.8 Å². The van der Waals surface area contributed by atoms with Gasteiger partial charge in [0.15, 0.2) is 11.5 Å². The van der Waals surface area contributed by atoms with Crippen molar-refractivity contribution in [2.75, 3.05) is 6.54 Å². The van der Waals surface area contributed by atoms with Gasteiger partial charge in [0, 0.05) is 6.54 Å². The van der Waals surface area contributed by atoms with E-state index in [-0.39, 0.29) is 21.2 Å². The lowest BCUT2D eigenvalue weighted by molar-refractivity contribution is 0.255. The van der Waals surface area contributed by atoms with Crippen molar-refractivity contribution < 1.29 is 30.7 Å². The van der Waals surface area contributed by atoms with E-state index in [0.29, 0.717) is 36.7 Å². The van der Waals surface area contributed by atoms with Crippen LogP contribution in [0.2, 0.25) is 0 Å². The fourth-order valence-electron chi connectivity index (χ4n) is 4.61. The van der Waals surface area contributed by atoms with Crippen LogP contribution < -0.4 is 14.2 Å². The highest BCUT2D eigenvalue weighted by Crippen LogP contribution is 2.31. The van der Waals surface area contributed by atoms with E-state index in [1.165, 1.54) is 12.1 Å². The van der Waals surface area contributed by atoms with Crippen molar-refractivity contribution >= 4 is 19.9 Å². The van der Waals surface area contributed by atoms with Gasteiger partial charge in [-0.15, -0.1) is 0 Å². The van der Waals surface area contributed by atoms with Crippen LogP contribution in [0.1, 0.15) is 22.3 Å². The molecule has 0 aromatic heterocycles. The molecule has 0 amide bonds. The summed E-state index contributed by atoms with van der Waals surface area (Å²) in [5, 5.41) is 0. The fraction of sp³-hybridized carbons (Fsp3) is 0.143. The molecule has 1 N–H and O–H groups in total. The molecule has 5 rings (SSSR count). The van der Waals surface area contributed by atoms with Crippen molar-refractivity contribution in [3.63, 3.8) is 0 Å². The highest BCUT2D eigenvalue weighted by molar-refractivity contribution is 7.91. The van der Waals surface area contributed by atoms with Crippen LogP contribution in [-0.4, -0.2) is 23.4 Å². The average molecular weight is 646 g/mol.